The molecule has 0 aliphatic carbocycles. The molecule has 0 radical (unpaired) electrons. The Kier molecular flexibility index (Phi) is 6.62. The van der Waals surface area contributed by atoms with Crippen LogP contribution in [0.2, 0.25) is 0 Å². The highest BCUT2D eigenvalue weighted by atomic mass is 35.5. The molecule has 0 unspecified atom stereocenters. The smallest absolute Gasteiger partial charge is 0.0682 e. The van der Waals surface area contributed by atoms with Gasteiger partial charge in [-0.05, 0) is 23.3 Å². The van der Waals surface area contributed by atoms with E-state index >= 15 is 0 Å². The molecule has 0 heterocycles. The summed E-state index contributed by atoms with van der Waals surface area (Å²) in [5.41, 5.74) is 2.01. The predicted molar refractivity (Wildman–Crippen MR) is 97.5 cm³/mol. The number of hydrogen-bond acceptors (Lipinski definition) is 2. The molecule has 0 amide bonds. The van der Waals surface area contributed by atoms with Crippen LogP contribution < -0.4 is 0 Å². The van der Waals surface area contributed by atoms with Gasteiger partial charge in [-0.3, -0.25) is 0 Å². The van der Waals surface area contributed by atoms with E-state index in [4.69, 9.17) is 23.2 Å². The van der Waals surface area contributed by atoms with Gasteiger partial charge >= 0.3 is 0 Å². The Balaban J connectivity index is 1.94. The normalized spacial score (nSPS) is 13.2. The molecule has 0 spiro atoms. The van der Waals surface area contributed by atoms with Crippen molar-refractivity contribution in [1.82, 2.24) is 0 Å². The van der Waals surface area contributed by atoms with Crippen LogP contribution in [0, 0.1) is 0 Å². The van der Waals surface area contributed by atoms with Crippen LogP contribution in [-0.2, 0) is 0 Å². The minimum Gasteiger partial charge on any atom is -0.158 e. The maximum Gasteiger partial charge on any atom is 0.0682 e. The van der Waals surface area contributed by atoms with Crippen LogP contribution >= 0.6 is 23.2 Å². The molecular formula is C18H14Cl2N2. The van der Waals surface area contributed by atoms with Gasteiger partial charge in [-0.2, -0.15) is 10.2 Å². The fourth-order valence-electron chi connectivity index (χ4n) is 1.67. The second-order valence-corrected chi connectivity index (χ2v) is 5.24. The molecule has 2 aromatic rings. The Hall–Kier alpha value is -2.16. The lowest BCUT2D eigenvalue weighted by molar-refractivity contribution is 1.27. The summed E-state index contributed by atoms with van der Waals surface area (Å²) in [5, 5.41) is 8.72. The minimum absolute atomic E-state index is 0.492. The first-order chi connectivity index (χ1) is 10.7. The fourth-order valence-corrected chi connectivity index (χ4v) is 2.01. The number of nitrogens with zero attached hydrogens (tertiary/aromatic N) is 2. The van der Waals surface area contributed by atoms with E-state index in [9.17, 15) is 0 Å². The molecule has 110 valence electrons. The van der Waals surface area contributed by atoms with E-state index in [1.807, 2.05) is 72.8 Å². The summed E-state index contributed by atoms with van der Waals surface area (Å²) in [6.45, 7) is 0. The summed E-state index contributed by atoms with van der Waals surface area (Å²) in [4.78, 5) is 0. The number of benzene rings is 2. The van der Waals surface area contributed by atoms with Crippen LogP contribution in [0.4, 0.5) is 0 Å². The van der Waals surface area contributed by atoms with Crippen LogP contribution in [-0.4, -0.2) is 12.4 Å². The van der Waals surface area contributed by atoms with Gasteiger partial charge in [0.1, 0.15) is 0 Å². The lowest BCUT2D eigenvalue weighted by Gasteiger charge is -1.92. The van der Waals surface area contributed by atoms with E-state index in [1.54, 1.807) is 0 Å². The van der Waals surface area contributed by atoms with E-state index in [0.717, 1.165) is 11.1 Å². The van der Waals surface area contributed by atoms with Gasteiger partial charge in [0.15, 0.2) is 0 Å². The third-order valence-corrected chi connectivity index (χ3v) is 3.05. The molecule has 0 aliphatic heterocycles. The second-order valence-electron chi connectivity index (χ2n) is 4.37. The Labute approximate surface area is 140 Å². The summed E-state index contributed by atoms with van der Waals surface area (Å²) >= 11 is 12.1. The Morgan fingerprint density at radius 1 is 0.636 bits per heavy atom. The van der Waals surface area contributed by atoms with Gasteiger partial charge in [0.25, 0.3) is 0 Å². The molecule has 2 nitrogen and oxygen atoms in total. The van der Waals surface area contributed by atoms with Crippen LogP contribution in [0.5, 0.6) is 0 Å². The third-order valence-electron chi connectivity index (χ3n) is 2.64. The monoisotopic (exact) mass is 328 g/mol. The van der Waals surface area contributed by atoms with Gasteiger partial charge in [-0.25, -0.2) is 0 Å². The van der Waals surface area contributed by atoms with Gasteiger partial charge in [0.05, 0.1) is 22.5 Å². The molecule has 0 saturated heterocycles. The van der Waals surface area contributed by atoms with Crippen molar-refractivity contribution in [2.45, 2.75) is 0 Å². The molecule has 2 rings (SSSR count). The zero-order valence-corrected chi connectivity index (χ0v) is 13.2. The van der Waals surface area contributed by atoms with E-state index in [0.29, 0.717) is 10.1 Å². The molecule has 2 aromatic carbocycles. The lowest BCUT2D eigenvalue weighted by atomic mass is 10.2. The maximum absolute atomic E-state index is 6.05. The summed E-state index contributed by atoms with van der Waals surface area (Å²) < 4.78 is 0. The van der Waals surface area contributed by atoms with Crippen molar-refractivity contribution in [2.24, 2.45) is 10.2 Å². The van der Waals surface area contributed by atoms with Crippen molar-refractivity contribution >= 4 is 47.8 Å². The standard InChI is InChI=1S/C18H14Cl2N2/c19-17(11-15-7-3-1-4-8-15)13-21-22-14-18(20)12-16-9-5-2-6-10-16/h1-14H/b17-11-,18-12-,21-13+,22-14+. The summed E-state index contributed by atoms with van der Waals surface area (Å²) in [6, 6.07) is 19.5. The van der Waals surface area contributed by atoms with Crippen molar-refractivity contribution in [2.75, 3.05) is 0 Å². The Bertz CT molecular complexity index is 639. The molecule has 4 heteroatoms. The average Bonchev–Trinajstić information content (AvgIpc) is 2.53. The molecule has 0 bridgehead atoms. The fraction of sp³-hybridized carbons (Fsp3) is 0. The van der Waals surface area contributed by atoms with Crippen LogP contribution in [0.1, 0.15) is 11.1 Å². The van der Waals surface area contributed by atoms with Crippen molar-refractivity contribution in [1.29, 1.82) is 0 Å². The molecule has 0 atom stereocenters. The number of hydrogen-bond donors (Lipinski definition) is 0. The minimum atomic E-state index is 0.492. The molecule has 0 aromatic heterocycles. The highest BCUT2D eigenvalue weighted by Crippen LogP contribution is 2.09. The number of rotatable bonds is 5. The molecule has 22 heavy (non-hydrogen) atoms. The van der Waals surface area contributed by atoms with E-state index in [1.165, 1.54) is 12.4 Å². The van der Waals surface area contributed by atoms with Gasteiger partial charge < -0.3 is 0 Å². The number of halogens is 2. The average molecular weight is 329 g/mol. The topological polar surface area (TPSA) is 24.7 Å². The first-order valence-electron chi connectivity index (χ1n) is 6.65. The lowest BCUT2D eigenvalue weighted by Crippen LogP contribution is -1.77. The molecular weight excluding hydrogens is 315 g/mol. The molecule has 0 saturated carbocycles. The number of allylic oxidation sites excluding steroid dienone is 2. The predicted octanol–water partition coefficient (Wildman–Crippen LogP) is 5.60. The van der Waals surface area contributed by atoms with Gasteiger partial charge in [-0.15, -0.1) is 0 Å². The van der Waals surface area contributed by atoms with Gasteiger partial charge in [0, 0.05) is 0 Å². The zero-order valence-electron chi connectivity index (χ0n) is 11.7. The first-order valence-corrected chi connectivity index (χ1v) is 7.40. The largest absolute Gasteiger partial charge is 0.158 e. The van der Waals surface area contributed by atoms with Crippen LogP contribution in [0.25, 0.3) is 12.2 Å². The highest BCUT2D eigenvalue weighted by molar-refractivity contribution is 6.42. The maximum atomic E-state index is 6.05. The highest BCUT2D eigenvalue weighted by Gasteiger charge is 1.90. The summed E-state index contributed by atoms with van der Waals surface area (Å²) in [5.74, 6) is 0. The first kappa shape index (κ1) is 16.2. The summed E-state index contributed by atoms with van der Waals surface area (Å²) in [6.07, 6.45) is 6.56. The molecule has 0 fully saturated rings. The van der Waals surface area contributed by atoms with Crippen molar-refractivity contribution in [3.05, 3.63) is 81.9 Å². The van der Waals surface area contributed by atoms with E-state index in [2.05, 4.69) is 10.2 Å². The van der Waals surface area contributed by atoms with Crippen LogP contribution in [0.3, 0.4) is 0 Å². The quantitative estimate of drug-likeness (QED) is 0.504. The Morgan fingerprint density at radius 3 is 1.36 bits per heavy atom. The van der Waals surface area contributed by atoms with E-state index < -0.39 is 0 Å². The third kappa shape index (κ3) is 6.08. The van der Waals surface area contributed by atoms with Crippen molar-refractivity contribution in [3.63, 3.8) is 0 Å². The van der Waals surface area contributed by atoms with Gasteiger partial charge in [0.2, 0.25) is 0 Å². The molecule has 0 aliphatic rings. The Morgan fingerprint density at radius 2 is 1.00 bits per heavy atom. The van der Waals surface area contributed by atoms with E-state index in [-0.39, 0.29) is 0 Å². The van der Waals surface area contributed by atoms with Crippen LogP contribution in [0.15, 0.2) is 80.9 Å². The van der Waals surface area contributed by atoms with Gasteiger partial charge in [-0.1, -0.05) is 83.9 Å². The second kappa shape index (κ2) is 8.98. The molecule has 0 N–H and O–H groups in total. The van der Waals surface area contributed by atoms with Crippen molar-refractivity contribution < 1.29 is 0 Å². The SMILES string of the molecule is ClC(=C\c1ccccc1)/C=N/N=C/C(Cl)=C/c1ccccc1. The van der Waals surface area contributed by atoms with Crippen molar-refractivity contribution in [3.8, 4) is 0 Å². The zero-order chi connectivity index (χ0) is 15.6. The summed E-state index contributed by atoms with van der Waals surface area (Å²) in [7, 11) is 0.